The van der Waals surface area contributed by atoms with E-state index in [2.05, 4.69) is 21.3 Å². The standard InChI is InChI=1S/C35H50N8O6/c1-2-3-16-26(31(45)41-27(17-10-19-39-35(37)38)33(47)43-20-11-18-29(43)34(48)49)40-32(46)28(22-24-14-8-5-9-15-24)42-30(44)25(36)21-23-12-6-4-7-13-23/h4-9,12-15,25-29H,2-3,10-11,16-22,36H2,1H3,(H,40,46)(H,41,45)(H,42,44)(H,48,49)(H4,37,38,39)/t25-,26-,27-,28-,29-/m1/s1. The number of unbranched alkanes of at least 4 members (excludes halogenated alkanes) is 1. The molecule has 10 N–H and O–H groups in total. The summed E-state index contributed by atoms with van der Waals surface area (Å²) in [4.78, 5) is 67.6. The molecule has 266 valence electrons. The van der Waals surface area contributed by atoms with Gasteiger partial charge in [0.25, 0.3) is 0 Å². The molecule has 0 unspecified atom stereocenters. The molecule has 2 aromatic rings. The van der Waals surface area contributed by atoms with E-state index in [0.29, 0.717) is 25.7 Å². The van der Waals surface area contributed by atoms with Crippen molar-refractivity contribution in [3.05, 3.63) is 71.8 Å². The van der Waals surface area contributed by atoms with Crippen LogP contribution in [-0.4, -0.2) is 88.9 Å². The highest BCUT2D eigenvalue weighted by Crippen LogP contribution is 2.20. The lowest BCUT2D eigenvalue weighted by atomic mass is 10.0. The molecule has 1 saturated heterocycles. The van der Waals surface area contributed by atoms with Crippen LogP contribution in [-0.2, 0) is 36.8 Å². The van der Waals surface area contributed by atoms with E-state index >= 15 is 0 Å². The van der Waals surface area contributed by atoms with E-state index in [0.717, 1.165) is 17.5 Å². The van der Waals surface area contributed by atoms with Gasteiger partial charge in [-0.1, -0.05) is 80.4 Å². The molecule has 0 spiro atoms. The Kier molecular flexibility index (Phi) is 15.5. The molecule has 2 aromatic carbocycles. The Labute approximate surface area is 287 Å². The molecule has 3 rings (SSSR count). The monoisotopic (exact) mass is 678 g/mol. The Morgan fingerprint density at radius 3 is 1.98 bits per heavy atom. The molecule has 1 heterocycles. The van der Waals surface area contributed by atoms with Gasteiger partial charge in [0.15, 0.2) is 5.96 Å². The van der Waals surface area contributed by atoms with E-state index in [-0.39, 0.29) is 44.7 Å². The van der Waals surface area contributed by atoms with Crippen LogP contribution in [0.3, 0.4) is 0 Å². The fraction of sp³-hybridized carbons (Fsp3) is 0.486. The second kappa shape index (κ2) is 19.7. The Hall–Kier alpha value is -4.98. The summed E-state index contributed by atoms with van der Waals surface area (Å²) in [6, 6.07) is 13.4. The third-order valence-corrected chi connectivity index (χ3v) is 8.45. The van der Waals surface area contributed by atoms with Crippen LogP contribution >= 0.6 is 0 Å². The van der Waals surface area contributed by atoms with Gasteiger partial charge in [0, 0.05) is 19.5 Å². The summed E-state index contributed by atoms with van der Waals surface area (Å²) in [5.74, 6) is -3.58. The summed E-state index contributed by atoms with van der Waals surface area (Å²) < 4.78 is 0. The number of carboxylic acids is 1. The number of nitrogens with two attached hydrogens (primary N) is 2. The number of carboxylic acid groups (broad SMARTS) is 1. The van der Waals surface area contributed by atoms with Gasteiger partial charge in [-0.25, -0.2) is 4.79 Å². The molecule has 4 amide bonds. The summed E-state index contributed by atoms with van der Waals surface area (Å²) >= 11 is 0. The quantitative estimate of drug-likeness (QED) is 0.0595. The molecule has 14 heteroatoms. The Morgan fingerprint density at radius 2 is 1.39 bits per heavy atom. The first kappa shape index (κ1) is 38.5. The number of rotatable bonds is 19. The topological polar surface area (TPSA) is 233 Å². The molecule has 0 saturated carbocycles. The number of aliphatic carboxylic acids is 1. The predicted octanol–water partition coefficient (Wildman–Crippen LogP) is 0.783. The summed E-state index contributed by atoms with van der Waals surface area (Å²) in [5, 5.41) is 28.1. The van der Waals surface area contributed by atoms with E-state index in [4.69, 9.17) is 16.9 Å². The second-order valence-corrected chi connectivity index (χ2v) is 12.3. The second-order valence-electron chi connectivity index (χ2n) is 12.3. The Bertz CT molecular complexity index is 1410. The number of nitrogens with one attached hydrogen (secondary N) is 5. The van der Waals surface area contributed by atoms with Crippen molar-refractivity contribution in [2.75, 3.05) is 13.1 Å². The van der Waals surface area contributed by atoms with Gasteiger partial charge in [-0.3, -0.25) is 24.6 Å². The smallest absolute Gasteiger partial charge is 0.326 e. The van der Waals surface area contributed by atoms with Gasteiger partial charge in [-0.2, -0.15) is 0 Å². The molecule has 5 atom stereocenters. The van der Waals surface area contributed by atoms with Crippen LogP contribution in [0.4, 0.5) is 0 Å². The minimum atomic E-state index is -1.11. The number of hydrogen-bond acceptors (Lipinski definition) is 7. The van der Waals surface area contributed by atoms with E-state index in [1.807, 2.05) is 67.6 Å². The van der Waals surface area contributed by atoms with Crippen molar-refractivity contribution < 1.29 is 29.1 Å². The average molecular weight is 679 g/mol. The van der Waals surface area contributed by atoms with E-state index < -0.39 is 59.8 Å². The molecule has 0 bridgehead atoms. The Morgan fingerprint density at radius 1 is 0.837 bits per heavy atom. The summed E-state index contributed by atoms with van der Waals surface area (Å²) in [6.07, 6.45) is 3.33. The maximum absolute atomic E-state index is 13.8. The third kappa shape index (κ3) is 12.5. The molecular weight excluding hydrogens is 628 g/mol. The summed E-state index contributed by atoms with van der Waals surface area (Å²) in [5.41, 5.74) is 13.3. The molecule has 1 aliphatic heterocycles. The maximum Gasteiger partial charge on any atom is 0.326 e. The fourth-order valence-electron chi connectivity index (χ4n) is 5.79. The van der Waals surface area contributed by atoms with E-state index in [9.17, 15) is 29.1 Å². The molecule has 0 aromatic heterocycles. The zero-order valence-corrected chi connectivity index (χ0v) is 28.0. The lowest BCUT2D eigenvalue weighted by Gasteiger charge is -2.29. The van der Waals surface area contributed by atoms with Crippen molar-refractivity contribution >= 4 is 35.6 Å². The molecule has 1 aliphatic rings. The van der Waals surface area contributed by atoms with Crippen LogP contribution in [0.25, 0.3) is 0 Å². The van der Waals surface area contributed by atoms with Crippen LogP contribution in [0.5, 0.6) is 0 Å². The van der Waals surface area contributed by atoms with Crippen molar-refractivity contribution in [1.29, 1.82) is 5.41 Å². The largest absolute Gasteiger partial charge is 0.480 e. The molecule has 49 heavy (non-hydrogen) atoms. The third-order valence-electron chi connectivity index (χ3n) is 8.45. The number of likely N-dealkylation sites (tertiary alicyclic amines) is 1. The highest BCUT2D eigenvalue weighted by atomic mass is 16.4. The van der Waals surface area contributed by atoms with Gasteiger partial charge in [-0.05, 0) is 49.7 Å². The van der Waals surface area contributed by atoms with E-state index in [1.54, 1.807) is 0 Å². The van der Waals surface area contributed by atoms with Gasteiger partial charge in [-0.15, -0.1) is 0 Å². The number of amides is 4. The minimum Gasteiger partial charge on any atom is -0.480 e. The van der Waals surface area contributed by atoms with Crippen LogP contribution in [0, 0.1) is 5.41 Å². The zero-order chi connectivity index (χ0) is 35.8. The SMILES string of the molecule is CCCC[C@@H](NC(=O)[C@@H](Cc1ccccc1)NC(=O)[C@H](N)Cc1ccccc1)C(=O)N[C@H](CCCNC(=N)N)C(=O)N1CCC[C@@H]1C(=O)O. The highest BCUT2D eigenvalue weighted by Gasteiger charge is 2.38. The van der Waals surface area contributed by atoms with Crippen LogP contribution in [0.1, 0.15) is 63.0 Å². The van der Waals surface area contributed by atoms with Crippen molar-refractivity contribution in [2.45, 2.75) is 94.9 Å². The van der Waals surface area contributed by atoms with Crippen LogP contribution < -0.4 is 32.7 Å². The molecular formula is C35H50N8O6. The maximum atomic E-state index is 13.8. The number of benzene rings is 2. The lowest BCUT2D eigenvalue weighted by molar-refractivity contribution is -0.149. The molecule has 1 fully saturated rings. The normalized spacial score (nSPS) is 16.4. The van der Waals surface area contributed by atoms with Gasteiger partial charge < -0.3 is 42.7 Å². The highest BCUT2D eigenvalue weighted by molar-refractivity contribution is 5.95. The Balaban J connectivity index is 1.79. The first-order valence-corrected chi connectivity index (χ1v) is 16.9. The van der Waals surface area contributed by atoms with E-state index in [1.165, 1.54) is 4.90 Å². The first-order valence-electron chi connectivity index (χ1n) is 16.9. The number of hydrogen-bond donors (Lipinski definition) is 8. The lowest BCUT2D eigenvalue weighted by Crippen LogP contribution is -2.59. The summed E-state index contributed by atoms with van der Waals surface area (Å²) in [7, 11) is 0. The van der Waals surface area contributed by atoms with Gasteiger partial charge in [0.2, 0.25) is 23.6 Å². The van der Waals surface area contributed by atoms with Crippen LogP contribution in [0.2, 0.25) is 0 Å². The number of carbonyl (C=O) groups is 5. The van der Waals surface area contributed by atoms with Crippen molar-refractivity contribution in [3.8, 4) is 0 Å². The molecule has 0 radical (unpaired) electrons. The summed E-state index contributed by atoms with van der Waals surface area (Å²) in [6.45, 7) is 2.45. The van der Waals surface area contributed by atoms with Gasteiger partial charge in [0.1, 0.15) is 24.2 Å². The average Bonchev–Trinajstić information content (AvgIpc) is 3.58. The van der Waals surface area contributed by atoms with Crippen molar-refractivity contribution in [1.82, 2.24) is 26.2 Å². The van der Waals surface area contributed by atoms with Crippen molar-refractivity contribution in [3.63, 3.8) is 0 Å². The van der Waals surface area contributed by atoms with Crippen molar-refractivity contribution in [2.24, 2.45) is 11.5 Å². The number of nitrogens with zero attached hydrogens (tertiary/aromatic N) is 1. The predicted molar refractivity (Wildman–Crippen MR) is 185 cm³/mol. The van der Waals surface area contributed by atoms with Crippen LogP contribution in [0.15, 0.2) is 60.7 Å². The first-order chi connectivity index (χ1) is 23.5. The zero-order valence-electron chi connectivity index (χ0n) is 28.0. The minimum absolute atomic E-state index is 0.147. The number of carbonyl (C=O) groups excluding carboxylic acids is 4. The van der Waals surface area contributed by atoms with Gasteiger partial charge >= 0.3 is 5.97 Å². The molecule has 14 nitrogen and oxygen atoms in total. The number of guanidine groups is 1. The fourth-order valence-corrected chi connectivity index (χ4v) is 5.79. The van der Waals surface area contributed by atoms with Gasteiger partial charge in [0.05, 0.1) is 6.04 Å². The molecule has 0 aliphatic carbocycles.